The van der Waals surface area contributed by atoms with E-state index in [1.165, 1.54) is 7.11 Å². The molecule has 0 bridgehead atoms. The maximum absolute atomic E-state index is 11.1. The van der Waals surface area contributed by atoms with Gasteiger partial charge in [0.25, 0.3) is 5.79 Å². The van der Waals surface area contributed by atoms with Crippen molar-refractivity contribution >= 4 is 17.9 Å². The van der Waals surface area contributed by atoms with Crippen LogP contribution < -0.4 is 4.74 Å². The Morgan fingerprint density at radius 2 is 1.70 bits per heavy atom. The average Bonchev–Trinajstić information content (AvgIpc) is 3.09. The molecule has 1 atom stereocenters. The summed E-state index contributed by atoms with van der Waals surface area (Å²) in [6.45, 7) is 6.88. The van der Waals surface area contributed by atoms with Gasteiger partial charge < -0.3 is 18.9 Å². The first-order valence-corrected chi connectivity index (χ1v) is 8.74. The lowest BCUT2D eigenvalue weighted by Gasteiger charge is -2.32. The number of hydrogen-bond donors (Lipinski definition) is 0. The van der Waals surface area contributed by atoms with Crippen molar-refractivity contribution in [2.75, 3.05) is 7.11 Å². The summed E-state index contributed by atoms with van der Waals surface area (Å²) < 4.78 is 20.1. The van der Waals surface area contributed by atoms with E-state index < -0.39 is 23.8 Å². The van der Waals surface area contributed by atoms with E-state index in [0.717, 1.165) is 18.4 Å². The van der Waals surface area contributed by atoms with Gasteiger partial charge in [-0.2, -0.15) is 0 Å². The zero-order chi connectivity index (χ0) is 20.0. The molecule has 0 aromatic heterocycles. The summed E-state index contributed by atoms with van der Waals surface area (Å²) in [4.78, 5) is 33.4. The van der Waals surface area contributed by atoms with Gasteiger partial charge in [-0.25, -0.2) is 14.4 Å². The lowest BCUT2D eigenvalue weighted by atomic mass is 10.2. The fraction of sp³-hybridized carbons (Fsp3) is 0.450. The molecule has 7 heteroatoms. The fourth-order valence-electron chi connectivity index (χ4n) is 2.78. The molecule has 7 nitrogen and oxygen atoms in total. The molecule has 146 valence electrons. The quantitative estimate of drug-likeness (QED) is 0.455. The van der Waals surface area contributed by atoms with Gasteiger partial charge in [-0.15, -0.1) is 0 Å². The fourth-order valence-corrected chi connectivity index (χ4v) is 2.78. The van der Waals surface area contributed by atoms with Gasteiger partial charge in [0.05, 0.1) is 7.11 Å². The highest BCUT2D eigenvalue weighted by atomic mass is 16.7. The minimum absolute atomic E-state index is 0.211. The number of esters is 3. The standard InChI is InChI=1S/C11H14O3.C9H10O4/c1-8-6-4-5-7-10(8)14-9(2)11(12)13-3;1-6-7(10)12-9(13-8(6)11)4-2-3-5-9/h4-7,9H,1-3H3;1-5H2. The van der Waals surface area contributed by atoms with Gasteiger partial charge >= 0.3 is 17.9 Å². The molecule has 1 aliphatic heterocycles. The molecule has 1 heterocycles. The Morgan fingerprint density at radius 3 is 2.22 bits per heavy atom. The van der Waals surface area contributed by atoms with E-state index in [0.29, 0.717) is 18.6 Å². The molecular weight excluding hydrogens is 352 g/mol. The molecule has 1 saturated heterocycles. The molecule has 3 rings (SSSR count). The normalized spacial score (nSPS) is 18.7. The van der Waals surface area contributed by atoms with Crippen molar-refractivity contribution in [1.82, 2.24) is 0 Å². The van der Waals surface area contributed by atoms with Crippen molar-refractivity contribution < 1.29 is 33.3 Å². The molecule has 1 saturated carbocycles. The second kappa shape index (κ2) is 8.70. The molecule has 0 N–H and O–H groups in total. The predicted molar refractivity (Wildman–Crippen MR) is 95.8 cm³/mol. The number of carbonyl (C=O) groups excluding carboxylic acids is 3. The smallest absolute Gasteiger partial charge is 0.348 e. The number of ether oxygens (including phenoxy) is 4. The van der Waals surface area contributed by atoms with E-state index in [2.05, 4.69) is 11.3 Å². The van der Waals surface area contributed by atoms with E-state index in [1.807, 2.05) is 31.2 Å². The number of para-hydroxylation sites is 1. The Labute approximate surface area is 158 Å². The second-order valence-electron chi connectivity index (χ2n) is 6.42. The van der Waals surface area contributed by atoms with Crippen molar-refractivity contribution in [3.63, 3.8) is 0 Å². The van der Waals surface area contributed by atoms with E-state index >= 15 is 0 Å². The number of benzene rings is 1. The summed E-state index contributed by atoms with van der Waals surface area (Å²) in [6.07, 6.45) is 2.50. The first-order chi connectivity index (χ1) is 12.8. The Bertz CT molecular complexity index is 710. The number of hydrogen-bond acceptors (Lipinski definition) is 7. The van der Waals surface area contributed by atoms with Crippen LogP contribution >= 0.6 is 0 Å². The maximum atomic E-state index is 11.1. The average molecular weight is 376 g/mol. The largest absolute Gasteiger partial charge is 0.479 e. The van der Waals surface area contributed by atoms with Gasteiger partial charge in [-0.3, -0.25) is 0 Å². The van der Waals surface area contributed by atoms with Gasteiger partial charge in [-0.05, 0) is 38.3 Å². The monoisotopic (exact) mass is 376 g/mol. The summed E-state index contributed by atoms with van der Waals surface area (Å²) in [7, 11) is 1.35. The van der Waals surface area contributed by atoms with Crippen LogP contribution in [0.15, 0.2) is 36.4 Å². The summed E-state index contributed by atoms with van der Waals surface area (Å²) in [5, 5.41) is 0. The molecule has 2 aliphatic rings. The van der Waals surface area contributed by atoms with Crippen LogP contribution in [0.5, 0.6) is 5.75 Å². The van der Waals surface area contributed by atoms with Crippen LogP contribution in [-0.4, -0.2) is 36.9 Å². The minimum Gasteiger partial charge on any atom is -0.479 e. The van der Waals surface area contributed by atoms with E-state index in [1.54, 1.807) is 6.92 Å². The van der Waals surface area contributed by atoms with Crippen molar-refractivity contribution in [3.8, 4) is 5.75 Å². The number of methoxy groups -OCH3 is 1. The highest BCUT2D eigenvalue weighted by Gasteiger charge is 2.47. The molecule has 2 fully saturated rings. The Morgan fingerprint density at radius 1 is 1.15 bits per heavy atom. The molecule has 0 radical (unpaired) electrons. The Balaban J connectivity index is 0.000000194. The molecular formula is C20H24O7. The van der Waals surface area contributed by atoms with Crippen LogP contribution in [-0.2, 0) is 28.6 Å². The van der Waals surface area contributed by atoms with Crippen LogP contribution in [0.2, 0.25) is 0 Å². The zero-order valence-corrected chi connectivity index (χ0v) is 15.8. The minimum atomic E-state index is -0.963. The SMILES string of the molecule is C=C1C(=O)OC2(CCCC2)OC1=O.COC(=O)C(C)Oc1ccccc1C. The Hall–Kier alpha value is -2.83. The molecule has 1 spiro atoms. The topological polar surface area (TPSA) is 88.1 Å². The van der Waals surface area contributed by atoms with Crippen LogP contribution in [0.3, 0.4) is 0 Å². The summed E-state index contributed by atoms with van der Waals surface area (Å²) in [5.74, 6) is -1.90. The lowest BCUT2D eigenvalue weighted by Crippen LogP contribution is -2.44. The predicted octanol–water partition coefficient (Wildman–Crippen LogP) is 2.85. The summed E-state index contributed by atoms with van der Waals surface area (Å²) in [6, 6.07) is 7.55. The van der Waals surface area contributed by atoms with Gasteiger partial charge in [0.15, 0.2) is 6.10 Å². The van der Waals surface area contributed by atoms with Gasteiger partial charge in [0, 0.05) is 12.8 Å². The van der Waals surface area contributed by atoms with Crippen LogP contribution in [0.4, 0.5) is 0 Å². The van der Waals surface area contributed by atoms with E-state index in [9.17, 15) is 14.4 Å². The van der Waals surface area contributed by atoms with Crippen LogP contribution in [0.25, 0.3) is 0 Å². The first kappa shape index (κ1) is 20.5. The third-order valence-electron chi connectivity index (χ3n) is 4.35. The molecule has 1 unspecified atom stereocenters. The zero-order valence-electron chi connectivity index (χ0n) is 15.8. The third-order valence-corrected chi connectivity index (χ3v) is 4.35. The van der Waals surface area contributed by atoms with Gasteiger partial charge in [0.1, 0.15) is 11.3 Å². The van der Waals surface area contributed by atoms with E-state index in [4.69, 9.17) is 14.2 Å². The highest BCUT2D eigenvalue weighted by molar-refractivity contribution is 6.14. The first-order valence-electron chi connectivity index (χ1n) is 8.74. The molecule has 0 amide bonds. The molecule has 1 aromatic rings. The van der Waals surface area contributed by atoms with E-state index in [-0.39, 0.29) is 11.5 Å². The van der Waals surface area contributed by atoms with Gasteiger partial charge in [-0.1, -0.05) is 24.8 Å². The highest BCUT2D eigenvalue weighted by Crippen LogP contribution is 2.37. The number of carbonyl (C=O) groups is 3. The third kappa shape index (κ3) is 5.09. The summed E-state index contributed by atoms with van der Waals surface area (Å²) >= 11 is 0. The van der Waals surface area contributed by atoms with Crippen LogP contribution in [0, 0.1) is 6.92 Å². The Kier molecular flexibility index (Phi) is 6.60. The molecule has 27 heavy (non-hydrogen) atoms. The van der Waals surface area contributed by atoms with Crippen molar-refractivity contribution in [2.45, 2.75) is 51.4 Å². The molecule has 1 aliphatic carbocycles. The number of aryl methyl sites for hydroxylation is 1. The molecule has 1 aromatic carbocycles. The maximum Gasteiger partial charge on any atom is 0.348 e. The number of rotatable bonds is 3. The second-order valence-corrected chi connectivity index (χ2v) is 6.42. The van der Waals surface area contributed by atoms with Crippen molar-refractivity contribution in [3.05, 3.63) is 42.0 Å². The van der Waals surface area contributed by atoms with Crippen molar-refractivity contribution in [2.24, 2.45) is 0 Å². The van der Waals surface area contributed by atoms with Crippen molar-refractivity contribution in [1.29, 1.82) is 0 Å². The van der Waals surface area contributed by atoms with Gasteiger partial charge in [0.2, 0.25) is 0 Å². The lowest BCUT2D eigenvalue weighted by molar-refractivity contribution is -0.232. The summed E-state index contributed by atoms with van der Waals surface area (Å²) in [5.41, 5.74) is 0.792. The van der Waals surface area contributed by atoms with Crippen LogP contribution in [0.1, 0.15) is 38.2 Å².